The summed E-state index contributed by atoms with van der Waals surface area (Å²) < 4.78 is 19.0. The Morgan fingerprint density at radius 1 is 0.960 bits per heavy atom. The van der Waals surface area contributed by atoms with E-state index in [0.717, 1.165) is 51.0 Å². The second kappa shape index (κ2) is 17.5. The number of rotatable bonds is 14. The Morgan fingerprint density at radius 3 is 2.42 bits per heavy atom. The number of hydrogen-bond donors (Lipinski definition) is 1. The molecule has 5 rings (SSSR count). The number of anilines is 1. The summed E-state index contributed by atoms with van der Waals surface area (Å²) in [5, 5.41) is 4.04. The number of aryl methyl sites for hydroxylation is 1. The summed E-state index contributed by atoms with van der Waals surface area (Å²) in [4.78, 5) is 33.9. The quantitative estimate of drug-likeness (QED) is 0.195. The Bertz CT molecular complexity index is 1570. The van der Waals surface area contributed by atoms with E-state index in [1.165, 1.54) is 5.56 Å². The van der Waals surface area contributed by atoms with E-state index in [1.807, 2.05) is 48.3 Å². The molecule has 0 saturated carbocycles. The Balaban J connectivity index is 1.35. The van der Waals surface area contributed by atoms with Crippen molar-refractivity contribution in [1.82, 2.24) is 15.1 Å². The maximum Gasteiger partial charge on any atom is 0.256 e. The number of nitrogens with one attached hydrogen (secondary N) is 1. The molecule has 0 radical (unpaired) electrons. The average molecular weight is 705 g/mol. The van der Waals surface area contributed by atoms with Crippen LogP contribution in [0.4, 0.5) is 5.69 Å². The molecule has 0 spiro atoms. The fraction of sp³-hybridized carbons (Fsp3) is 0.500. The Hall–Kier alpha value is -3.63. The third-order valence-electron chi connectivity index (χ3n) is 9.17. The van der Waals surface area contributed by atoms with Gasteiger partial charge in [0.2, 0.25) is 5.91 Å². The molecule has 270 valence electrons. The number of benzene rings is 3. The van der Waals surface area contributed by atoms with Crippen molar-refractivity contribution < 1.29 is 23.8 Å². The lowest BCUT2D eigenvalue weighted by Gasteiger charge is -2.34. The number of carbonyl (C=O) groups is 2. The standard InChI is InChI=1S/C40H53ClN4O5/c1-40(2,3)28-45-33-18-17-30(41)26-32(33)37(50-35(39(45)47)27-36(46)44-23-21-43(4)22-24-44)31-15-9-16-34(38(31)48-5)49-25-11-20-42-19-10-14-29-12-7-6-8-13-29/h6-9,12-13,15-18,26,35,37,42H,10-11,14,19-25,27-28H2,1-5H3. The van der Waals surface area contributed by atoms with Gasteiger partial charge >= 0.3 is 0 Å². The number of hydrogen-bond acceptors (Lipinski definition) is 7. The molecule has 2 aliphatic heterocycles. The number of methoxy groups -OCH3 is 1. The highest BCUT2D eigenvalue weighted by molar-refractivity contribution is 6.30. The largest absolute Gasteiger partial charge is 0.492 e. The summed E-state index contributed by atoms with van der Waals surface area (Å²) in [5.74, 6) is 0.789. The normalized spacial score (nSPS) is 18.5. The minimum atomic E-state index is -1.01. The van der Waals surface area contributed by atoms with Crippen LogP contribution in [0.5, 0.6) is 11.5 Å². The summed E-state index contributed by atoms with van der Waals surface area (Å²) in [6, 6.07) is 21.8. The summed E-state index contributed by atoms with van der Waals surface area (Å²) in [6.07, 6.45) is 1.14. The van der Waals surface area contributed by atoms with Gasteiger partial charge < -0.3 is 34.2 Å². The zero-order valence-corrected chi connectivity index (χ0v) is 31.0. The van der Waals surface area contributed by atoms with Gasteiger partial charge in [0.1, 0.15) is 12.2 Å². The first-order valence-electron chi connectivity index (χ1n) is 17.8. The summed E-state index contributed by atoms with van der Waals surface area (Å²) >= 11 is 6.61. The van der Waals surface area contributed by atoms with Crippen LogP contribution in [0.2, 0.25) is 5.02 Å². The van der Waals surface area contributed by atoms with Crippen molar-refractivity contribution in [2.24, 2.45) is 5.41 Å². The number of ether oxygens (including phenoxy) is 3. The van der Waals surface area contributed by atoms with Crippen molar-refractivity contribution in [3.05, 3.63) is 88.4 Å². The molecule has 2 aliphatic rings. The van der Waals surface area contributed by atoms with E-state index in [0.29, 0.717) is 54.0 Å². The SMILES string of the molecule is COc1c(OCCCNCCCc2ccccc2)cccc1C1OC(CC(=O)N2CCN(C)CC2)C(=O)N(CC(C)(C)C)c2ccc(Cl)cc21. The van der Waals surface area contributed by atoms with Gasteiger partial charge in [-0.15, -0.1) is 0 Å². The van der Waals surface area contributed by atoms with Crippen LogP contribution in [0.3, 0.4) is 0 Å². The molecule has 0 aromatic heterocycles. The molecule has 3 aromatic rings. The van der Waals surface area contributed by atoms with Gasteiger partial charge in [-0.1, -0.05) is 74.8 Å². The van der Waals surface area contributed by atoms with Gasteiger partial charge in [0, 0.05) is 54.6 Å². The Morgan fingerprint density at radius 2 is 1.70 bits per heavy atom. The second-order valence-electron chi connectivity index (χ2n) is 14.5. The third-order valence-corrected chi connectivity index (χ3v) is 9.40. The molecule has 3 aromatic carbocycles. The van der Waals surface area contributed by atoms with Crippen LogP contribution in [-0.4, -0.2) is 94.3 Å². The molecule has 9 nitrogen and oxygen atoms in total. The van der Waals surface area contributed by atoms with Gasteiger partial charge in [0.15, 0.2) is 11.5 Å². The number of carbonyl (C=O) groups excluding carboxylic acids is 2. The Kier molecular flexibility index (Phi) is 13.2. The number of fused-ring (bicyclic) bond motifs is 1. The van der Waals surface area contributed by atoms with Crippen LogP contribution >= 0.6 is 11.6 Å². The summed E-state index contributed by atoms with van der Waals surface area (Å²) in [6.45, 7) is 11.8. The average Bonchev–Trinajstić information content (AvgIpc) is 3.19. The predicted molar refractivity (Wildman–Crippen MR) is 199 cm³/mol. The number of halogens is 1. The van der Waals surface area contributed by atoms with Crippen LogP contribution in [-0.2, 0) is 20.7 Å². The van der Waals surface area contributed by atoms with Crippen LogP contribution < -0.4 is 19.7 Å². The second-order valence-corrected chi connectivity index (χ2v) is 14.9. The number of nitrogens with zero attached hydrogens (tertiary/aromatic N) is 3. The van der Waals surface area contributed by atoms with Gasteiger partial charge in [0.25, 0.3) is 5.91 Å². The highest BCUT2D eigenvalue weighted by Crippen LogP contribution is 2.45. The van der Waals surface area contributed by atoms with Crippen molar-refractivity contribution in [3.63, 3.8) is 0 Å². The molecule has 1 fully saturated rings. The first kappa shape index (κ1) is 37.6. The smallest absolute Gasteiger partial charge is 0.256 e. The molecular formula is C40H53ClN4O5. The van der Waals surface area contributed by atoms with Crippen LogP contribution in [0.25, 0.3) is 0 Å². The lowest BCUT2D eigenvalue weighted by Crippen LogP contribution is -2.50. The first-order valence-corrected chi connectivity index (χ1v) is 18.2. The minimum absolute atomic E-state index is 0.0573. The van der Waals surface area contributed by atoms with Gasteiger partial charge in [-0.05, 0) is 74.6 Å². The summed E-state index contributed by atoms with van der Waals surface area (Å²) in [7, 11) is 3.66. The van der Waals surface area contributed by atoms with E-state index < -0.39 is 12.2 Å². The van der Waals surface area contributed by atoms with E-state index in [4.69, 9.17) is 25.8 Å². The lowest BCUT2D eigenvalue weighted by molar-refractivity contribution is -0.144. The molecule has 50 heavy (non-hydrogen) atoms. The number of para-hydroxylation sites is 1. The van der Waals surface area contributed by atoms with Crippen molar-refractivity contribution >= 4 is 29.1 Å². The minimum Gasteiger partial charge on any atom is -0.492 e. The zero-order valence-electron chi connectivity index (χ0n) is 30.3. The van der Waals surface area contributed by atoms with Crippen molar-refractivity contribution in [2.45, 2.75) is 58.7 Å². The highest BCUT2D eigenvalue weighted by Gasteiger charge is 2.41. The van der Waals surface area contributed by atoms with Crippen LogP contribution in [0.15, 0.2) is 66.7 Å². The van der Waals surface area contributed by atoms with Crippen molar-refractivity contribution in [3.8, 4) is 11.5 Å². The fourth-order valence-electron chi connectivity index (χ4n) is 6.56. The molecule has 10 heteroatoms. The molecule has 1 saturated heterocycles. The Labute approximate surface area is 302 Å². The maximum absolute atomic E-state index is 14.4. The lowest BCUT2D eigenvalue weighted by atomic mass is 9.94. The van der Waals surface area contributed by atoms with Crippen molar-refractivity contribution in [2.75, 3.05) is 71.5 Å². The molecule has 0 bridgehead atoms. The number of likely N-dealkylation sites (N-methyl/N-ethyl adjacent to an activating group) is 1. The molecule has 2 amide bonds. The highest BCUT2D eigenvalue weighted by atomic mass is 35.5. The van der Waals surface area contributed by atoms with Gasteiger partial charge in [-0.2, -0.15) is 0 Å². The van der Waals surface area contributed by atoms with E-state index in [1.54, 1.807) is 18.1 Å². The monoisotopic (exact) mass is 704 g/mol. The van der Waals surface area contributed by atoms with Gasteiger partial charge in [-0.3, -0.25) is 9.59 Å². The third kappa shape index (κ3) is 10.00. The molecule has 0 aliphatic carbocycles. The van der Waals surface area contributed by atoms with E-state index in [2.05, 4.69) is 55.3 Å². The fourth-order valence-corrected chi connectivity index (χ4v) is 6.75. The number of piperazine rings is 1. The molecular weight excluding hydrogens is 652 g/mol. The van der Waals surface area contributed by atoms with Crippen LogP contribution in [0.1, 0.15) is 62.8 Å². The van der Waals surface area contributed by atoms with E-state index >= 15 is 0 Å². The topological polar surface area (TPSA) is 83.6 Å². The van der Waals surface area contributed by atoms with Crippen molar-refractivity contribution in [1.29, 1.82) is 0 Å². The molecule has 1 N–H and O–H groups in total. The molecule has 2 unspecified atom stereocenters. The molecule has 2 atom stereocenters. The molecule has 2 heterocycles. The van der Waals surface area contributed by atoms with Gasteiger partial charge in [0.05, 0.1) is 20.1 Å². The van der Waals surface area contributed by atoms with E-state index in [9.17, 15) is 9.59 Å². The predicted octanol–water partition coefficient (Wildman–Crippen LogP) is 6.37. The number of amides is 2. The van der Waals surface area contributed by atoms with Gasteiger partial charge in [-0.25, -0.2) is 0 Å². The van der Waals surface area contributed by atoms with Crippen LogP contribution in [0, 0.1) is 5.41 Å². The van der Waals surface area contributed by atoms with E-state index in [-0.39, 0.29) is 23.7 Å². The zero-order chi connectivity index (χ0) is 35.7. The first-order chi connectivity index (χ1) is 24.0. The maximum atomic E-state index is 14.4. The summed E-state index contributed by atoms with van der Waals surface area (Å²) in [5.41, 5.74) is 3.28.